The van der Waals surface area contributed by atoms with E-state index in [0.717, 1.165) is 6.42 Å². The van der Waals surface area contributed by atoms with Crippen LogP contribution in [0.1, 0.15) is 31.5 Å². The summed E-state index contributed by atoms with van der Waals surface area (Å²) in [6.45, 7) is 2.58. The third kappa shape index (κ3) is 3.54. The molecule has 0 aliphatic rings. The maximum atomic E-state index is 12.1. The molecule has 0 aliphatic carbocycles. The number of aryl methyl sites for hydroxylation is 1. The zero-order chi connectivity index (χ0) is 11.5. The van der Waals surface area contributed by atoms with Crippen LogP contribution < -0.4 is 5.73 Å². The molecule has 6 heteroatoms. The summed E-state index contributed by atoms with van der Waals surface area (Å²) in [6.07, 6.45) is -1.51. The van der Waals surface area contributed by atoms with Crippen LogP contribution in [0.4, 0.5) is 13.2 Å². The van der Waals surface area contributed by atoms with Gasteiger partial charge in [-0.3, -0.25) is 0 Å². The summed E-state index contributed by atoms with van der Waals surface area (Å²) < 4.78 is 38.0. The van der Waals surface area contributed by atoms with E-state index in [1.807, 2.05) is 6.92 Å². The van der Waals surface area contributed by atoms with Gasteiger partial charge >= 0.3 is 6.18 Å². The molecule has 1 atom stereocenters. The number of nitrogens with two attached hydrogens (primary N) is 1. The fourth-order valence-corrected chi connectivity index (χ4v) is 1.42. The number of hydrogen-bond acceptors (Lipinski definition) is 2. The van der Waals surface area contributed by atoms with Gasteiger partial charge in [-0.25, -0.2) is 4.98 Å². The second-order valence-electron chi connectivity index (χ2n) is 3.44. The van der Waals surface area contributed by atoms with Crippen LogP contribution in [0.15, 0.2) is 12.5 Å². The van der Waals surface area contributed by atoms with Crippen LogP contribution in [0.2, 0.25) is 0 Å². The highest BCUT2D eigenvalue weighted by molar-refractivity contribution is 5.05. The van der Waals surface area contributed by atoms with Gasteiger partial charge in [0.05, 0.1) is 24.5 Å². The molecule has 0 saturated carbocycles. The maximum Gasteiger partial charge on any atom is 0.390 e. The second-order valence-corrected chi connectivity index (χ2v) is 3.44. The summed E-state index contributed by atoms with van der Waals surface area (Å²) in [7, 11) is 0. The van der Waals surface area contributed by atoms with Gasteiger partial charge in [0.15, 0.2) is 0 Å². The molecule has 1 heterocycles. The lowest BCUT2D eigenvalue weighted by molar-refractivity contribution is -0.138. The molecule has 0 amide bonds. The van der Waals surface area contributed by atoms with E-state index in [2.05, 4.69) is 4.98 Å². The molecule has 15 heavy (non-hydrogen) atoms. The van der Waals surface area contributed by atoms with Crippen LogP contribution in [-0.4, -0.2) is 15.7 Å². The Bertz CT molecular complexity index is 306. The van der Waals surface area contributed by atoms with E-state index < -0.39 is 18.6 Å². The number of hydrogen-bond donors (Lipinski definition) is 1. The summed E-state index contributed by atoms with van der Waals surface area (Å²) in [5.41, 5.74) is 5.91. The number of aromatic nitrogens is 2. The van der Waals surface area contributed by atoms with Crippen molar-refractivity contribution >= 4 is 0 Å². The minimum atomic E-state index is -4.24. The first kappa shape index (κ1) is 12.0. The van der Waals surface area contributed by atoms with Crippen molar-refractivity contribution in [2.75, 3.05) is 0 Å². The molecule has 2 N–H and O–H groups in total. The van der Waals surface area contributed by atoms with E-state index in [4.69, 9.17) is 5.73 Å². The lowest BCUT2D eigenvalue weighted by Crippen LogP contribution is -2.22. The molecule has 0 aromatic carbocycles. The third-order valence-corrected chi connectivity index (χ3v) is 2.04. The third-order valence-electron chi connectivity index (χ3n) is 2.04. The fourth-order valence-electron chi connectivity index (χ4n) is 1.42. The van der Waals surface area contributed by atoms with Crippen LogP contribution in [0.25, 0.3) is 0 Å². The zero-order valence-electron chi connectivity index (χ0n) is 8.46. The number of imidazole rings is 1. The van der Waals surface area contributed by atoms with E-state index in [-0.39, 0.29) is 0 Å². The van der Waals surface area contributed by atoms with Gasteiger partial charge < -0.3 is 10.3 Å². The highest BCUT2D eigenvalue weighted by Crippen LogP contribution is 2.27. The number of alkyl halides is 3. The smallest absolute Gasteiger partial charge is 0.333 e. The van der Waals surface area contributed by atoms with Crippen LogP contribution in [0.5, 0.6) is 0 Å². The Balaban J connectivity index is 2.72. The molecule has 1 aromatic heterocycles. The zero-order valence-corrected chi connectivity index (χ0v) is 8.46. The van der Waals surface area contributed by atoms with Crippen molar-refractivity contribution in [3.05, 3.63) is 18.2 Å². The van der Waals surface area contributed by atoms with Gasteiger partial charge in [0.1, 0.15) is 0 Å². The van der Waals surface area contributed by atoms with Crippen molar-refractivity contribution in [3.8, 4) is 0 Å². The highest BCUT2D eigenvalue weighted by atomic mass is 19.4. The van der Waals surface area contributed by atoms with Gasteiger partial charge in [0.25, 0.3) is 0 Å². The van der Waals surface area contributed by atoms with Crippen LogP contribution >= 0.6 is 0 Å². The Morgan fingerprint density at radius 3 is 2.73 bits per heavy atom. The minimum absolute atomic E-state index is 0.439. The first-order valence-corrected chi connectivity index (χ1v) is 4.76. The van der Waals surface area contributed by atoms with E-state index in [0.29, 0.717) is 12.2 Å². The van der Waals surface area contributed by atoms with Crippen LogP contribution in [0.3, 0.4) is 0 Å². The molecule has 0 spiro atoms. The monoisotopic (exact) mass is 221 g/mol. The summed E-state index contributed by atoms with van der Waals surface area (Å²) in [4.78, 5) is 3.81. The molecule has 0 unspecified atom stereocenters. The van der Waals surface area contributed by atoms with E-state index in [1.165, 1.54) is 12.5 Å². The molecule has 86 valence electrons. The van der Waals surface area contributed by atoms with Crippen molar-refractivity contribution in [2.45, 2.75) is 38.5 Å². The summed E-state index contributed by atoms with van der Waals surface area (Å²) in [5.74, 6) is 0. The molecular weight excluding hydrogens is 207 g/mol. The Kier molecular flexibility index (Phi) is 3.73. The van der Waals surface area contributed by atoms with Crippen LogP contribution in [-0.2, 0) is 6.54 Å². The topological polar surface area (TPSA) is 43.8 Å². The molecular formula is C9H14F3N3. The normalized spacial score (nSPS) is 14.2. The molecule has 0 bridgehead atoms. The fraction of sp³-hybridized carbons (Fsp3) is 0.667. The van der Waals surface area contributed by atoms with Crippen molar-refractivity contribution in [2.24, 2.45) is 5.73 Å². The van der Waals surface area contributed by atoms with Gasteiger partial charge in [-0.1, -0.05) is 6.92 Å². The van der Waals surface area contributed by atoms with E-state index >= 15 is 0 Å². The molecule has 0 aliphatic heterocycles. The largest absolute Gasteiger partial charge is 0.390 e. The Morgan fingerprint density at radius 1 is 1.53 bits per heavy atom. The summed E-state index contributed by atoms with van der Waals surface area (Å²) in [5, 5.41) is 0. The van der Waals surface area contributed by atoms with Crippen molar-refractivity contribution in [1.82, 2.24) is 9.55 Å². The van der Waals surface area contributed by atoms with Crippen molar-refractivity contribution < 1.29 is 13.2 Å². The quantitative estimate of drug-likeness (QED) is 0.847. The summed E-state index contributed by atoms with van der Waals surface area (Å²) >= 11 is 0. The molecule has 0 radical (unpaired) electrons. The lowest BCUT2D eigenvalue weighted by atomic mass is 10.1. The lowest BCUT2D eigenvalue weighted by Gasteiger charge is -2.15. The van der Waals surface area contributed by atoms with Crippen molar-refractivity contribution in [3.63, 3.8) is 0 Å². The molecule has 0 saturated heterocycles. The first-order valence-electron chi connectivity index (χ1n) is 4.76. The number of halogens is 3. The Morgan fingerprint density at radius 2 is 2.20 bits per heavy atom. The Labute approximate surface area is 86.1 Å². The highest BCUT2D eigenvalue weighted by Gasteiger charge is 2.31. The maximum absolute atomic E-state index is 12.1. The van der Waals surface area contributed by atoms with Gasteiger partial charge in [-0.15, -0.1) is 0 Å². The average molecular weight is 221 g/mol. The average Bonchev–Trinajstić information content (AvgIpc) is 2.49. The van der Waals surface area contributed by atoms with Gasteiger partial charge in [-0.2, -0.15) is 13.2 Å². The molecule has 0 fully saturated rings. The number of nitrogens with zero attached hydrogens (tertiary/aromatic N) is 2. The Hall–Kier alpha value is -1.04. The minimum Gasteiger partial charge on any atom is -0.333 e. The van der Waals surface area contributed by atoms with Crippen LogP contribution in [0, 0.1) is 0 Å². The predicted octanol–water partition coefficient (Wildman–Crippen LogP) is 2.25. The molecule has 1 aromatic rings. The van der Waals surface area contributed by atoms with Gasteiger partial charge in [-0.05, 0) is 6.42 Å². The van der Waals surface area contributed by atoms with E-state index in [1.54, 1.807) is 4.57 Å². The van der Waals surface area contributed by atoms with E-state index in [9.17, 15) is 13.2 Å². The number of rotatable bonds is 4. The second kappa shape index (κ2) is 4.65. The molecule has 3 nitrogen and oxygen atoms in total. The van der Waals surface area contributed by atoms with Gasteiger partial charge in [0.2, 0.25) is 0 Å². The van der Waals surface area contributed by atoms with Crippen molar-refractivity contribution in [1.29, 1.82) is 0 Å². The first-order chi connectivity index (χ1) is 6.94. The molecule has 1 rings (SSSR count). The summed E-state index contributed by atoms with van der Waals surface area (Å²) in [6, 6.07) is -1.03. The SMILES string of the molecule is CCCn1cncc1[C@@H](N)CC(F)(F)F. The standard InChI is InChI=1S/C9H14F3N3/c1-2-3-15-6-14-5-8(15)7(13)4-9(10,11)12/h5-7H,2-4,13H2,1H3/t7-/m0/s1. The van der Waals surface area contributed by atoms with Gasteiger partial charge in [0, 0.05) is 12.7 Å². The predicted molar refractivity (Wildman–Crippen MR) is 50.1 cm³/mol.